The van der Waals surface area contributed by atoms with Crippen molar-refractivity contribution in [2.75, 3.05) is 18.0 Å². The van der Waals surface area contributed by atoms with Crippen LogP contribution in [0.15, 0.2) is 18.2 Å². The van der Waals surface area contributed by atoms with Gasteiger partial charge in [-0.25, -0.2) is 0 Å². The Morgan fingerprint density at radius 2 is 2.10 bits per heavy atom. The van der Waals surface area contributed by atoms with Gasteiger partial charge in [-0.3, -0.25) is 4.79 Å². The van der Waals surface area contributed by atoms with Gasteiger partial charge in [-0.1, -0.05) is 11.6 Å². The van der Waals surface area contributed by atoms with Gasteiger partial charge in [-0.05, 0) is 18.2 Å². The summed E-state index contributed by atoms with van der Waals surface area (Å²) in [4.78, 5) is 11.6. The maximum Gasteiger partial charge on any atom is 0.418 e. The number of rotatable bonds is 5. The topological polar surface area (TPSA) is 64.3 Å². The van der Waals surface area contributed by atoms with E-state index in [9.17, 15) is 18.0 Å². The molecule has 1 N–H and O–H groups in total. The number of alkyl halides is 3. The molecule has 0 spiro atoms. The van der Waals surface area contributed by atoms with Crippen molar-refractivity contribution in [3.8, 4) is 6.07 Å². The van der Waals surface area contributed by atoms with Gasteiger partial charge in [0.1, 0.15) is 6.54 Å². The number of nitriles is 1. The Morgan fingerprint density at radius 1 is 1.45 bits per heavy atom. The number of benzene rings is 1. The minimum absolute atomic E-state index is 0.0868. The van der Waals surface area contributed by atoms with Crippen molar-refractivity contribution in [2.45, 2.75) is 12.6 Å². The minimum atomic E-state index is -4.64. The average molecular weight is 307 g/mol. The third-order valence-electron chi connectivity index (χ3n) is 2.46. The zero-order valence-electron chi connectivity index (χ0n) is 10.1. The van der Waals surface area contributed by atoms with Crippen molar-refractivity contribution in [1.82, 2.24) is 0 Å². The number of hydrogen-bond donors (Lipinski definition) is 1. The van der Waals surface area contributed by atoms with Crippen LogP contribution in [0.3, 0.4) is 0 Å². The first-order chi connectivity index (χ1) is 9.25. The van der Waals surface area contributed by atoms with Crippen molar-refractivity contribution in [3.63, 3.8) is 0 Å². The van der Waals surface area contributed by atoms with Crippen molar-refractivity contribution in [3.05, 3.63) is 28.8 Å². The summed E-state index contributed by atoms with van der Waals surface area (Å²) >= 11 is 5.55. The molecule has 8 heteroatoms. The van der Waals surface area contributed by atoms with E-state index in [4.69, 9.17) is 22.0 Å². The Morgan fingerprint density at radius 3 is 2.60 bits per heavy atom. The van der Waals surface area contributed by atoms with Crippen LogP contribution in [0.1, 0.15) is 12.0 Å². The molecule has 0 atom stereocenters. The normalized spacial score (nSPS) is 10.9. The summed E-state index contributed by atoms with van der Waals surface area (Å²) in [7, 11) is 0. The highest BCUT2D eigenvalue weighted by molar-refractivity contribution is 6.30. The average Bonchev–Trinajstić information content (AvgIpc) is 2.33. The van der Waals surface area contributed by atoms with E-state index in [0.717, 1.165) is 17.0 Å². The van der Waals surface area contributed by atoms with Crippen LogP contribution >= 0.6 is 11.6 Å². The molecule has 1 aromatic carbocycles. The van der Waals surface area contributed by atoms with Gasteiger partial charge in [0, 0.05) is 17.3 Å². The molecule has 0 aliphatic carbocycles. The predicted octanol–water partition coefficient (Wildman–Crippen LogP) is 3.16. The fourth-order valence-corrected chi connectivity index (χ4v) is 1.78. The fourth-order valence-electron chi connectivity index (χ4n) is 1.61. The number of nitrogens with zero attached hydrogens (tertiary/aromatic N) is 2. The zero-order valence-corrected chi connectivity index (χ0v) is 10.9. The van der Waals surface area contributed by atoms with Crippen molar-refractivity contribution in [1.29, 1.82) is 5.26 Å². The summed E-state index contributed by atoms with van der Waals surface area (Å²) in [5.41, 5.74) is -1.25. The molecule has 0 heterocycles. The number of halogens is 4. The first kappa shape index (κ1) is 16.1. The van der Waals surface area contributed by atoms with Gasteiger partial charge in [0.25, 0.3) is 0 Å². The minimum Gasteiger partial charge on any atom is -0.481 e. The number of anilines is 1. The van der Waals surface area contributed by atoms with E-state index in [1.807, 2.05) is 0 Å². The van der Waals surface area contributed by atoms with Crippen molar-refractivity contribution >= 4 is 23.3 Å². The maximum absolute atomic E-state index is 12.9. The van der Waals surface area contributed by atoms with E-state index < -0.39 is 17.7 Å². The molecule has 20 heavy (non-hydrogen) atoms. The number of carbonyl (C=O) groups is 1. The van der Waals surface area contributed by atoms with E-state index in [1.165, 1.54) is 6.07 Å². The number of hydrogen-bond acceptors (Lipinski definition) is 3. The lowest BCUT2D eigenvalue weighted by Crippen LogP contribution is -2.28. The Hall–Kier alpha value is -1.94. The highest BCUT2D eigenvalue weighted by Crippen LogP contribution is 2.38. The second-order valence-corrected chi connectivity index (χ2v) is 4.32. The molecule has 0 amide bonds. The van der Waals surface area contributed by atoms with E-state index in [2.05, 4.69) is 0 Å². The molecule has 0 bridgehead atoms. The monoisotopic (exact) mass is 306 g/mol. The Balaban J connectivity index is 3.19. The maximum atomic E-state index is 12.9. The molecular weight excluding hydrogens is 297 g/mol. The summed E-state index contributed by atoms with van der Waals surface area (Å²) in [5, 5.41) is 17.2. The van der Waals surface area contributed by atoms with Crippen LogP contribution < -0.4 is 4.90 Å². The summed E-state index contributed by atoms with van der Waals surface area (Å²) in [6.07, 6.45) is -5.02. The summed E-state index contributed by atoms with van der Waals surface area (Å²) in [6.45, 7) is -0.550. The summed E-state index contributed by atoms with van der Waals surface area (Å²) in [5.74, 6) is -1.16. The SMILES string of the molecule is N#CCN(CCC(=O)O)c1ccc(Cl)cc1C(F)(F)F. The first-order valence-electron chi connectivity index (χ1n) is 5.46. The van der Waals surface area contributed by atoms with Gasteiger partial charge in [0.15, 0.2) is 0 Å². The van der Waals surface area contributed by atoms with Crippen LogP contribution in [0, 0.1) is 11.3 Å². The van der Waals surface area contributed by atoms with Crippen molar-refractivity contribution in [2.24, 2.45) is 0 Å². The van der Waals surface area contributed by atoms with Crippen LogP contribution in [-0.2, 0) is 11.0 Å². The van der Waals surface area contributed by atoms with Crippen LogP contribution in [0.5, 0.6) is 0 Å². The van der Waals surface area contributed by atoms with E-state index in [-0.39, 0.29) is 30.2 Å². The summed E-state index contributed by atoms with van der Waals surface area (Å²) < 4.78 is 38.8. The molecule has 0 aliphatic rings. The Bertz CT molecular complexity index is 540. The van der Waals surface area contributed by atoms with Gasteiger partial charge in [-0.2, -0.15) is 18.4 Å². The highest BCUT2D eigenvalue weighted by atomic mass is 35.5. The van der Waals surface area contributed by atoms with Crippen LogP contribution in [0.25, 0.3) is 0 Å². The number of carboxylic acids is 1. The smallest absolute Gasteiger partial charge is 0.418 e. The first-order valence-corrected chi connectivity index (χ1v) is 5.84. The van der Waals surface area contributed by atoms with E-state index in [1.54, 1.807) is 6.07 Å². The lowest BCUT2D eigenvalue weighted by Gasteiger charge is -2.25. The molecule has 4 nitrogen and oxygen atoms in total. The molecule has 108 valence electrons. The molecule has 0 unspecified atom stereocenters. The highest BCUT2D eigenvalue weighted by Gasteiger charge is 2.35. The summed E-state index contributed by atoms with van der Waals surface area (Å²) in [6, 6.07) is 4.86. The molecule has 1 rings (SSSR count). The Kier molecular flexibility index (Phi) is 5.22. The molecule has 0 radical (unpaired) electrons. The van der Waals surface area contributed by atoms with Gasteiger partial charge in [0.05, 0.1) is 18.1 Å². The van der Waals surface area contributed by atoms with Crippen LogP contribution in [0.4, 0.5) is 18.9 Å². The van der Waals surface area contributed by atoms with Gasteiger partial charge < -0.3 is 10.0 Å². The van der Waals surface area contributed by atoms with Gasteiger partial charge in [0.2, 0.25) is 0 Å². The quantitative estimate of drug-likeness (QED) is 0.849. The standard InChI is InChI=1S/C12H10ClF3N2O2/c13-8-1-2-10(9(7-8)12(14,15)16)18(6-4-17)5-3-11(19)20/h1-2,7H,3,5-6H2,(H,19,20). The fraction of sp³-hybridized carbons (Fsp3) is 0.333. The molecule has 0 aliphatic heterocycles. The third-order valence-corrected chi connectivity index (χ3v) is 2.70. The van der Waals surface area contributed by atoms with Gasteiger partial charge in [-0.15, -0.1) is 0 Å². The molecule has 0 aromatic heterocycles. The molecule has 0 fully saturated rings. The zero-order chi connectivity index (χ0) is 15.3. The molecule has 0 saturated heterocycles. The van der Waals surface area contributed by atoms with Crippen LogP contribution in [-0.4, -0.2) is 24.2 Å². The lowest BCUT2D eigenvalue weighted by atomic mass is 10.1. The van der Waals surface area contributed by atoms with Crippen LogP contribution in [0.2, 0.25) is 5.02 Å². The predicted molar refractivity (Wildman–Crippen MR) is 66.5 cm³/mol. The van der Waals surface area contributed by atoms with E-state index in [0.29, 0.717) is 0 Å². The van der Waals surface area contributed by atoms with E-state index >= 15 is 0 Å². The Labute approximate surface area is 118 Å². The third kappa shape index (κ3) is 4.31. The number of carboxylic acid groups (broad SMARTS) is 1. The molecule has 0 saturated carbocycles. The molecule has 1 aromatic rings. The van der Waals surface area contributed by atoms with Gasteiger partial charge >= 0.3 is 12.1 Å². The second-order valence-electron chi connectivity index (χ2n) is 3.88. The lowest BCUT2D eigenvalue weighted by molar-refractivity contribution is -0.137. The largest absolute Gasteiger partial charge is 0.481 e. The van der Waals surface area contributed by atoms with Crippen molar-refractivity contribution < 1.29 is 23.1 Å². The molecular formula is C12H10ClF3N2O2. The number of aliphatic carboxylic acids is 1. The second kappa shape index (κ2) is 6.48.